The Kier molecular flexibility index (Phi) is 6.63. The number of aromatic nitrogens is 1. The van der Waals surface area contributed by atoms with Gasteiger partial charge in [0, 0.05) is 32.1 Å². The first-order valence-corrected chi connectivity index (χ1v) is 7.65. The third-order valence-corrected chi connectivity index (χ3v) is 3.66. The second-order valence-electron chi connectivity index (χ2n) is 5.19. The number of carbonyl (C=O) groups excluding carboxylic acids is 1. The van der Waals surface area contributed by atoms with E-state index in [0.29, 0.717) is 19.6 Å². The van der Waals surface area contributed by atoms with Crippen molar-refractivity contribution in [2.45, 2.75) is 32.3 Å². The zero-order valence-electron chi connectivity index (χ0n) is 12.7. The Bertz CT molecular complexity index is 417. The summed E-state index contributed by atoms with van der Waals surface area (Å²) >= 11 is 0. The van der Waals surface area contributed by atoms with Crippen LogP contribution >= 0.6 is 0 Å². The van der Waals surface area contributed by atoms with E-state index in [-0.39, 0.29) is 12.0 Å². The molecule has 2 heterocycles. The van der Waals surface area contributed by atoms with E-state index in [2.05, 4.69) is 4.98 Å². The molecule has 1 amide bonds. The summed E-state index contributed by atoms with van der Waals surface area (Å²) in [7, 11) is 0. The maximum Gasteiger partial charge on any atom is 0.227 e. The van der Waals surface area contributed by atoms with Crippen LogP contribution in [0.15, 0.2) is 24.5 Å². The molecule has 21 heavy (non-hydrogen) atoms. The molecule has 1 aliphatic heterocycles. The lowest BCUT2D eigenvalue weighted by molar-refractivity contribution is -0.133. The highest BCUT2D eigenvalue weighted by Crippen LogP contribution is 2.15. The first-order valence-electron chi connectivity index (χ1n) is 7.65. The van der Waals surface area contributed by atoms with Gasteiger partial charge in [-0.3, -0.25) is 9.78 Å². The average Bonchev–Trinajstić information content (AvgIpc) is 2.53. The Morgan fingerprint density at radius 2 is 2.19 bits per heavy atom. The second-order valence-corrected chi connectivity index (χ2v) is 5.19. The van der Waals surface area contributed by atoms with E-state index >= 15 is 0 Å². The average molecular weight is 292 g/mol. The lowest BCUT2D eigenvalue weighted by Gasteiger charge is -2.32. The van der Waals surface area contributed by atoms with Crippen LogP contribution in [-0.2, 0) is 20.7 Å². The van der Waals surface area contributed by atoms with Gasteiger partial charge in [0.2, 0.25) is 5.91 Å². The molecule has 0 atom stereocenters. The number of hydrogen-bond acceptors (Lipinski definition) is 4. The van der Waals surface area contributed by atoms with Crippen molar-refractivity contribution in [2.75, 3.05) is 32.9 Å². The van der Waals surface area contributed by atoms with E-state index in [1.165, 1.54) is 0 Å². The van der Waals surface area contributed by atoms with E-state index in [1.807, 2.05) is 24.0 Å². The molecule has 0 unspecified atom stereocenters. The number of likely N-dealkylation sites (tertiary alicyclic amines) is 1. The lowest BCUT2D eigenvalue weighted by Crippen LogP contribution is -2.41. The fourth-order valence-electron chi connectivity index (χ4n) is 2.48. The third kappa shape index (κ3) is 5.44. The molecule has 2 rings (SSSR count). The highest BCUT2D eigenvalue weighted by Gasteiger charge is 2.23. The predicted octanol–water partition coefficient (Wildman–Crippen LogP) is 1.67. The molecule has 1 fully saturated rings. The van der Waals surface area contributed by atoms with Crippen LogP contribution in [0.3, 0.4) is 0 Å². The summed E-state index contributed by atoms with van der Waals surface area (Å²) in [4.78, 5) is 18.2. The molecule has 5 heteroatoms. The molecule has 5 nitrogen and oxygen atoms in total. The number of ether oxygens (including phenoxy) is 2. The van der Waals surface area contributed by atoms with Gasteiger partial charge in [0.1, 0.15) is 0 Å². The molecule has 0 aliphatic carbocycles. The number of rotatable bonds is 7. The molecule has 0 bridgehead atoms. The molecule has 0 N–H and O–H groups in total. The largest absolute Gasteiger partial charge is 0.379 e. The predicted molar refractivity (Wildman–Crippen MR) is 80.0 cm³/mol. The van der Waals surface area contributed by atoms with Gasteiger partial charge in [-0.2, -0.15) is 0 Å². The molecule has 1 saturated heterocycles. The summed E-state index contributed by atoms with van der Waals surface area (Å²) in [5.74, 6) is 0.177. The summed E-state index contributed by atoms with van der Waals surface area (Å²) in [6.45, 7) is 5.55. The molecule has 1 aliphatic rings. The molecular formula is C16H24N2O3. The minimum Gasteiger partial charge on any atom is -0.379 e. The number of piperidine rings is 1. The highest BCUT2D eigenvalue weighted by atomic mass is 16.5. The number of pyridine rings is 1. The van der Waals surface area contributed by atoms with Crippen LogP contribution in [0.2, 0.25) is 0 Å². The van der Waals surface area contributed by atoms with Crippen molar-refractivity contribution in [1.29, 1.82) is 0 Å². The maximum absolute atomic E-state index is 12.2. The quantitative estimate of drug-likeness (QED) is 0.717. The molecule has 0 radical (unpaired) electrons. The monoisotopic (exact) mass is 292 g/mol. The third-order valence-electron chi connectivity index (χ3n) is 3.66. The summed E-state index contributed by atoms with van der Waals surface area (Å²) in [5, 5.41) is 0. The van der Waals surface area contributed by atoms with E-state index in [1.54, 1.807) is 12.4 Å². The fraction of sp³-hybridized carbons (Fsp3) is 0.625. The van der Waals surface area contributed by atoms with Gasteiger partial charge < -0.3 is 14.4 Å². The van der Waals surface area contributed by atoms with Gasteiger partial charge in [0.05, 0.1) is 25.7 Å². The first kappa shape index (κ1) is 15.9. The van der Waals surface area contributed by atoms with Gasteiger partial charge in [-0.25, -0.2) is 0 Å². The van der Waals surface area contributed by atoms with Crippen LogP contribution in [0.5, 0.6) is 0 Å². The molecule has 0 spiro atoms. The summed E-state index contributed by atoms with van der Waals surface area (Å²) in [5.41, 5.74) is 0.970. The summed E-state index contributed by atoms with van der Waals surface area (Å²) < 4.78 is 11.0. The number of nitrogens with zero attached hydrogens (tertiary/aromatic N) is 2. The van der Waals surface area contributed by atoms with Crippen molar-refractivity contribution >= 4 is 5.91 Å². The molecule has 1 aromatic heterocycles. The van der Waals surface area contributed by atoms with Crippen LogP contribution in [0, 0.1) is 0 Å². The SMILES string of the molecule is CCOCCOC1CCN(C(=O)Cc2cccnc2)CC1. The van der Waals surface area contributed by atoms with Crippen molar-refractivity contribution in [1.82, 2.24) is 9.88 Å². The van der Waals surface area contributed by atoms with E-state index in [9.17, 15) is 4.79 Å². The Labute approximate surface area is 126 Å². The minimum absolute atomic E-state index is 0.177. The van der Waals surface area contributed by atoms with E-state index in [4.69, 9.17) is 9.47 Å². The minimum atomic E-state index is 0.177. The Morgan fingerprint density at radius 3 is 2.86 bits per heavy atom. The normalized spacial score (nSPS) is 16.1. The van der Waals surface area contributed by atoms with E-state index < -0.39 is 0 Å². The Hall–Kier alpha value is -1.46. The molecule has 0 saturated carbocycles. The van der Waals surface area contributed by atoms with Crippen LogP contribution in [0.25, 0.3) is 0 Å². The zero-order chi connectivity index (χ0) is 14.9. The van der Waals surface area contributed by atoms with Gasteiger partial charge in [-0.15, -0.1) is 0 Å². The smallest absolute Gasteiger partial charge is 0.227 e. The zero-order valence-corrected chi connectivity index (χ0v) is 12.7. The maximum atomic E-state index is 12.2. The topological polar surface area (TPSA) is 51.7 Å². The molecule has 0 aromatic carbocycles. The molecular weight excluding hydrogens is 268 g/mol. The van der Waals surface area contributed by atoms with Crippen molar-refractivity contribution in [2.24, 2.45) is 0 Å². The van der Waals surface area contributed by atoms with Gasteiger partial charge in [-0.1, -0.05) is 6.07 Å². The van der Waals surface area contributed by atoms with Gasteiger partial charge >= 0.3 is 0 Å². The van der Waals surface area contributed by atoms with Crippen molar-refractivity contribution < 1.29 is 14.3 Å². The van der Waals surface area contributed by atoms with Crippen LogP contribution < -0.4 is 0 Å². The van der Waals surface area contributed by atoms with Crippen molar-refractivity contribution in [3.63, 3.8) is 0 Å². The van der Waals surface area contributed by atoms with Gasteiger partial charge in [0.25, 0.3) is 0 Å². The molecule has 116 valence electrons. The van der Waals surface area contributed by atoms with Crippen LogP contribution in [0.1, 0.15) is 25.3 Å². The molecule has 1 aromatic rings. The standard InChI is InChI=1S/C16H24N2O3/c1-2-20-10-11-21-15-5-8-18(9-6-15)16(19)12-14-4-3-7-17-13-14/h3-4,7,13,15H,2,5-6,8-12H2,1H3. The number of amides is 1. The first-order chi connectivity index (χ1) is 10.3. The highest BCUT2D eigenvalue weighted by molar-refractivity contribution is 5.78. The van der Waals surface area contributed by atoms with Gasteiger partial charge in [0.15, 0.2) is 0 Å². The lowest BCUT2D eigenvalue weighted by atomic mass is 10.1. The Balaban J connectivity index is 1.67. The fourth-order valence-corrected chi connectivity index (χ4v) is 2.48. The summed E-state index contributed by atoms with van der Waals surface area (Å²) in [6, 6.07) is 3.80. The van der Waals surface area contributed by atoms with Crippen molar-refractivity contribution in [3.05, 3.63) is 30.1 Å². The number of hydrogen-bond donors (Lipinski definition) is 0. The van der Waals surface area contributed by atoms with E-state index in [0.717, 1.165) is 38.1 Å². The van der Waals surface area contributed by atoms with Crippen LogP contribution in [0.4, 0.5) is 0 Å². The number of carbonyl (C=O) groups is 1. The van der Waals surface area contributed by atoms with Gasteiger partial charge in [-0.05, 0) is 31.4 Å². The summed E-state index contributed by atoms with van der Waals surface area (Å²) in [6.07, 6.45) is 5.98. The Morgan fingerprint density at radius 1 is 1.38 bits per heavy atom. The second kappa shape index (κ2) is 8.74. The van der Waals surface area contributed by atoms with Crippen LogP contribution in [-0.4, -0.2) is 54.8 Å². The van der Waals surface area contributed by atoms with Crippen molar-refractivity contribution in [3.8, 4) is 0 Å².